The van der Waals surface area contributed by atoms with Gasteiger partial charge in [-0.1, -0.05) is 30.3 Å². The third-order valence-electron chi connectivity index (χ3n) is 3.66. The predicted molar refractivity (Wildman–Crippen MR) is 87.9 cm³/mol. The van der Waals surface area contributed by atoms with Crippen LogP contribution in [0.2, 0.25) is 0 Å². The van der Waals surface area contributed by atoms with E-state index in [0.717, 1.165) is 0 Å². The Labute approximate surface area is 141 Å². The second-order valence-electron chi connectivity index (χ2n) is 5.51. The number of hydrogen-bond donors (Lipinski definition) is 2. The number of hydrogen-bond acceptors (Lipinski definition) is 2. The molecule has 0 unspecified atom stereocenters. The average Bonchev–Trinajstić information content (AvgIpc) is 2.91. The van der Waals surface area contributed by atoms with Crippen molar-refractivity contribution in [2.24, 2.45) is 0 Å². The van der Waals surface area contributed by atoms with Crippen molar-refractivity contribution in [1.29, 1.82) is 0 Å². The standard InChI is InChI=1S/C18H13F3N2O2/c19-18(20,21)14(11-4-2-1-3-5-11)10-17(25)22-13-6-7-15-12(8-13)9-16(24)23-15/h1-8,10H,9H2,(H,22,25)(H,23,24). The summed E-state index contributed by atoms with van der Waals surface area (Å²) in [6.45, 7) is 0. The molecule has 4 nitrogen and oxygen atoms in total. The van der Waals surface area contributed by atoms with Gasteiger partial charge in [-0.05, 0) is 29.3 Å². The van der Waals surface area contributed by atoms with Crippen molar-refractivity contribution < 1.29 is 22.8 Å². The lowest BCUT2D eigenvalue weighted by molar-refractivity contribution is -0.115. The largest absolute Gasteiger partial charge is 0.417 e. The van der Waals surface area contributed by atoms with Crippen LogP contribution in [0.3, 0.4) is 0 Å². The van der Waals surface area contributed by atoms with Gasteiger partial charge in [0.2, 0.25) is 11.8 Å². The predicted octanol–water partition coefficient (Wildman–Crippen LogP) is 3.77. The molecule has 0 radical (unpaired) electrons. The van der Waals surface area contributed by atoms with Crippen LogP contribution in [0.25, 0.3) is 5.57 Å². The summed E-state index contributed by atoms with van der Waals surface area (Å²) in [5.41, 5.74) is 0.535. The van der Waals surface area contributed by atoms with Crippen LogP contribution in [0.4, 0.5) is 24.5 Å². The zero-order valence-corrected chi connectivity index (χ0v) is 12.9. The maximum atomic E-state index is 13.2. The van der Waals surface area contributed by atoms with Gasteiger partial charge in [0.05, 0.1) is 12.0 Å². The summed E-state index contributed by atoms with van der Waals surface area (Å²) in [4.78, 5) is 23.4. The minimum Gasteiger partial charge on any atom is -0.326 e. The average molecular weight is 346 g/mol. The molecular formula is C18H13F3N2O2. The number of anilines is 2. The summed E-state index contributed by atoms with van der Waals surface area (Å²) in [5, 5.41) is 5.04. The van der Waals surface area contributed by atoms with E-state index in [-0.39, 0.29) is 17.9 Å². The number of rotatable bonds is 3. The van der Waals surface area contributed by atoms with Gasteiger partial charge in [0, 0.05) is 17.5 Å². The molecule has 7 heteroatoms. The van der Waals surface area contributed by atoms with E-state index in [4.69, 9.17) is 0 Å². The van der Waals surface area contributed by atoms with E-state index in [1.54, 1.807) is 18.2 Å². The highest BCUT2D eigenvalue weighted by atomic mass is 19.4. The fourth-order valence-electron chi connectivity index (χ4n) is 2.56. The third kappa shape index (κ3) is 3.88. The second kappa shape index (κ2) is 6.43. The third-order valence-corrected chi connectivity index (χ3v) is 3.66. The highest BCUT2D eigenvalue weighted by Gasteiger charge is 2.35. The number of amides is 2. The van der Waals surface area contributed by atoms with E-state index in [9.17, 15) is 22.8 Å². The number of alkyl halides is 3. The highest BCUT2D eigenvalue weighted by molar-refractivity contribution is 6.05. The maximum Gasteiger partial charge on any atom is 0.417 e. The van der Waals surface area contributed by atoms with Gasteiger partial charge in [0.1, 0.15) is 0 Å². The molecular weight excluding hydrogens is 333 g/mol. The van der Waals surface area contributed by atoms with Crippen LogP contribution in [0, 0.1) is 0 Å². The molecule has 0 aliphatic carbocycles. The first-order valence-corrected chi connectivity index (χ1v) is 7.41. The van der Waals surface area contributed by atoms with Gasteiger partial charge in [-0.2, -0.15) is 13.2 Å². The quantitative estimate of drug-likeness (QED) is 0.832. The number of halogens is 3. The first kappa shape index (κ1) is 16.8. The van der Waals surface area contributed by atoms with Crippen molar-refractivity contribution in [1.82, 2.24) is 0 Å². The molecule has 1 heterocycles. The molecule has 0 atom stereocenters. The van der Waals surface area contributed by atoms with Crippen LogP contribution < -0.4 is 10.6 Å². The van der Waals surface area contributed by atoms with Gasteiger partial charge in [0.25, 0.3) is 0 Å². The summed E-state index contributed by atoms with van der Waals surface area (Å²) in [5.74, 6) is -1.06. The Morgan fingerprint density at radius 1 is 1.12 bits per heavy atom. The van der Waals surface area contributed by atoms with Crippen LogP contribution in [0.5, 0.6) is 0 Å². The van der Waals surface area contributed by atoms with Crippen molar-refractivity contribution in [3.05, 3.63) is 65.7 Å². The smallest absolute Gasteiger partial charge is 0.326 e. The van der Waals surface area contributed by atoms with Crippen molar-refractivity contribution >= 4 is 28.8 Å². The van der Waals surface area contributed by atoms with Gasteiger partial charge in [-0.25, -0.2) is 0 Å². The van der Waals surface area contributed by atoms with Gasteiger partial charge in [0.15, 0.2) is 0 Å². The molecule has 0 bridgehead atoms. The van der Waals surface area contributed by atoms with Gasteiger partial charge < -0.3 is 10.6 Å². The van der Waals surface area contributed by atoms with Crippen LogP contribution in [-0.4, -0.2) is 18.0 Å². The van der Waals surface area contributed by atoms with E-state index in [1.165, 1.54) is 30.3 Å². The van der Waals surface area contributed by atoms with Gasteiger partial charge in [-0.15, -0.1) is 0 Å². The SMILES string of the molecule is O=C(C=C(c1ccccc1)C(F)(F)F)Nc1ccc2c(c1)CC(=O)N2. The lowest BCUT2D eigenvalue weighted by Gasteiger charge is -2.12. The van der Waals surface area contributed by atoms with E-state index >= 15 is 0 Å². The zero-order valence-electron chi connectivity index (χ0n) is 12.9. The first-order chi connectivity index (χ1) is 11.8. The zero-order chi connectivity index (χ0) is 18.0. The summed E-state index contributed by atoms with van der Waals surface area (Å²) in [6.07, 6.45) is -3.95. The molecule has 0 spiro atoms. The number of benzene rings is 2. The molecule has 2 aromatic rings. The molecule has 128 valence electrons. The number of carbonyl (C=O) groups is 2. The Kier molecular flexibility index (Phi) is 4.31. The highest BCUT2D eigenvalue weighted by Crippen LogP contribution is 2.34. The van der Waals surface area contributed by atoms with Crippen LogP contribution >= 0.6 is 0 Å². The lowest BCUT2D eigenvalue weighted by Crippen LogP contribution is -2.16. The van der Waals surface area contributed by atoms with Crippen molar-refractivity contribution in [3.63, 3.8) is 0 Å². The Balaban J connectivity index is 1.83. The first-order valence-electron chi connectivity index (χ1n) is 7.41. The Hall–Kier alpha value is -3.09. The lowest BCUT2D eigenvalue weighted by atomic mass is 10.0. The Bertz CT molecular complexity index is 858. The van der Waals surface area contributed by atoms with Gasteiger partial charge in [-0.3, -0.25) is 9.59 Å². The fraction of sp³-hybridized carbons (Fsp3) is 0.111. The number of nitrogens with one attached hydrogen (secondary N) is 2. The van der Waals surface area contributed by atoms with E-state index in [0.29, 0.717) is 23.0 Å². The minimum atomic E-state index is -4.66. The molecule has 0 saturated heterocycles. The number of fused-ring (bicyclic) bond motifs is 1. The van der Waals surface area contributed by atoms with Crippen LogP contribution in [0.1, 0.15) is 11.1 Å². The monoisotopic (exact) mass is 346 g/mol. The van der Waals surface area contributed by atoms with E-state index < -0.39 is 17.7 Å². The molecule has 2 amide bonds. The minimum absolute atomic E-state index is 0.0890. The van der Waals surface area contributed by atoms with Gasteiger partial charge >= 0.3 is 6.18 Å². The molecule has 1 aliphatic heterocycles. The van der Waals surface area contributed by atoms with Crippen molar-refractivity contribution in [3.8, 4) is 0 Å². The molecule has 0 aromatic heterocycles. The fourth-order valence-corrected chi connectivity index (χ4v) is 2.56. The summed E-state index contributed by atoms with van der Waals surface area (Å²) in [6, 6.07) is 11.8. The Morgan fingerprint density at radius 3 is 2.52 bits per heavy atom. The van der Waals surface area contributed by atoms with Crippen LogP contribution in [0.15, 0.2) is 54.6 Å². The van der Waals surface area contributed by atoms with E-state index in [1.807, 2.05) is 0 Å². The molecule has 0 fully saturated rings. The Morgan fingerprint density at radius 2 is 1.84 bits per heavy atom. The van der Waals surface area contributed by atoms with Crippen LogP contribution in [-0.2, 0) is 16.0 Å². The normalized spacial score (nSPS) is 14.0. The van der Waals surface area contributed by atoms with E-state index in [2.05, 4.69) is 10.6 Å². The summed E-state index contributed by atoms with van der Waals surface area (Å²) < 4.78 is 39.7. The molecule has 0 saturated carbocycles. The number of carbonyl (C=O) groups excluding carboxylic acids is 2. The van der Waals surface area contributed by atoms with Crippen molar-refractivity contribution in [2.75, 3.05) is 10.6 Å². The topological polar surface area (TPSA) is 58.2 Å². The molecule has 2 aromatic carbocycles. The molecule has 25 heavy (non-hydrogen) atoms. The molecule has 1 aliphatic rings. The van der Waals surface area contributed by atoms with Crippen molar-refractivity contribution in [2.45, 2.75) is 12.6 Å². The maximum absolute atomic E-state index is 13.2. The summed E-state index contributed by atoms with van der Waals surface area (Å²) in [7, 11) is 0. The number of allylic oxidation sites excluding steroid dienone is 1. The second-order valence-corrected chi connectivity index (χ2v) is 5.51. The summed E-state index contributed by atoms with van der Waals surface area (Å²) >= 11 is 0. The molecule has 2 N–H and O–H groups in total. The molecule has 3 rings (SSSR count).